The fraction of sp³-hybridized carbons (Fsp3) is 0.100. The van der Waals surface area contributed by atoms with Gasteiger partial charge in [-0.05, 0) is 34.1 Å². The highest BCUT2D eigenvalue weighted by Gasteiger charge is 2.05. The van der Waals surface area contributed by atoms with Gasteiger partial charge in [-0.3, -0.25) is 0 Å². The average molecular weight is 289 g/mol. The van der Waals surface area contributed by atoms with Crippen molar-refractivity contribution < 1.29 is 9.15 Å². The summed E-state index contributed by atoms with van der Waals surface area (Å²) in [6, 6.07) is 5.36. The van der Waals surface area contributed by atoms with Crippen LogP contribution >= 0.6 is 27.5 Å². The van der Waals surface area contributed by atoms with Crippen LogP contribution in [-0.4, -0.2) is 4.98 Å². The number of hydrogen-bond acceptors (Lipinski definition) is 3. The van der Waals surface area contributed by atoms with E-state index in [1.807, 2.05) is 6.07 Å². The molecule has 0 unspecified atom stereocenters. The highest BCUT2D eigenvalue weighted by Crippen LogP contribution is 2.25. The number of aromatic nitrogens is 1. The predicted octanol–water partition coefficient (Wildman–Crippen LogP) is 3.67. The Morgan fingerprint density at radius 1 is 1.53 bits per heavy atom. The van der Waals surface area contributed by atoms with Crippen molar-refractivity contribution in [3.05, 3.63) is 45.9 Å². The molecule has 15 heavy (non-hydrogen) atoms. The van der Waals surface area contributed by atoms with E-state index in [-0.39, 0.29) is 0 Å². The van der Waals surface area contributed by atoms with Gasteiger partial charge >= 0.3 is 0 Å². The Bertz CT molecular complexity index is 445. The lowest BCUT2D eigenvalue weighted by Gasteiger charge is -2.04. The summed E-state index contributed by atoms with van der Waals surface area (Å²) in [7, 11) is 0. The second-order valence-corrected chi connectivity index (χ2v) is 4.13. The summed E-state index contributed by atoms with van der Waals surface area (Å²) in [4.78, 5) is 4.03. The van der Waals surface area contributed by atoms with E-state index >= 15 is 0 Å². The first-order valence-corrected chi connectivity index (χ1v) is 5.39. The Labute approximate surface area is 100 Å². The van der Waals surface area contributed by atoms with Crippen molar-refractivity contribution >= 4 is 27.5 Å². The van der Waals surface area contributed by atoms with Gasteiger partial charge < -0.3 is 9.15 Å². The predicted molar refractivity (Wildman–Crippen MR) is 60.0 cm³/mol. The van der Waals surface area contributed by atoms with E-state index < -0.39 is 0 Å². The molecule has 2 aromatic rings. The molecular formula is C10H7BrClNO2. The lowest BCUT2D eigenvalue weighted by atomic mass is 10.4. The maximum atomic E-state index is 5.92. The molecule has 0 N–H and O–H groups in total. The molecule has 0 fully saturated rings. The highest BCUT2D eigenvalue weighted by molar-refractivity contribution is 9.10. The van der Waals surface area contributed by atoms with Gasteiger partial charge in [-0.2, -0.15) is 0 Å². The van der Waals surface area contributed by atoms with Crippen LogP contribution in [0.1, 0.15) is 5.76 Å². The van der Waals surface area contributed by atoms with Crippen LogP contribution in [0.5, 0.6) is 5.88 Å². The molecular weight excluding hydrogens is 281 g/mol. The average Bonchev–Trinajstić information content (AvgIpc) is 2.69. The lowest BCUT2D eigenvalue weighted by molar-refractivity contribution is 0.260. The molecule has 0 aliphatic heterocycles. The second kappa shape index (κ2) is 4.68. The van der Waals surface area contributed by atoms with E-state index in [0.29, 0.717) is 17.5 Å². The van der Waals surface area contributed by atoms with Crippen molar-refractivity contribution in [2.45, 2.75) is 6.61 Å². The van der Waals surface area contributed by atoms with Crippen LogP contribution in [0.4, 0.5) is 0 Å². The minimum Gasteiger partial charge on any atom is -0.468 e. The fourth-order valence-electron chi connectivity index (χ4n) is 1.04. The Balaban J connectivity index is 2.05. The van der Waals surface area contributed by atoms with Crippen molar-refractivity contribution in [3.63, 3.8) is 0 Å². The smallest absolute Gasteiger partial charge is 0.233 e. The van der Waals surface area contributed by atoms with Crippen molar-refractivity contribution in [1.29, 1.82) is 0 Å². The molecule has 0 saturated heterocycles. The van der Waals surface area contributed by atoms with E-state index in [4.69, 9.17) is 20.8 Å². The molecule has 0 aromatic carbocycles. The highest BCUT2D eigenvalue weighted by atomic mass is 79.9. The summed E-state index contributed by atoms with van der Waals surface area (Å²) >= 11 is 9.19. The largest absolute Gasteiger partial charge is 0.468 e. The zero-order chi connectivity index (χ0) is 10.7. The number of ether oxygens (including phenoxy) is 1. The molecule has 0 saturated carbocycles. The number of rotatable bonds is 3. The molecule has 3 nitrogen and oxygen atoms in total. The third-order valence-corrected chi connectivity index (χ3v) is 2.41. The summed E-state index contributed by atoms with van der Waals surface area (Å²) in [6.45, 7) is 0.321. The van der Waals surface area contributed by atoms with Gasteiger partial charge in [0.1, 0.15) is 17.4 Å². The first kappa shape index (κ1) is 10.5. The van der Waals surface area contributed by atoms with Crippen LogP contribution in [-0.2, 0) is 6.61 Å². The number of halogens is 2. The number of hydrogen-bond donors (Lipinski definition) is 0. The quantitative estimate of drug-likeness (QED) is 0.864. The van der Waals surface area contributed by atoms with Crippen molar-refractivity contribution in [2.24, 2.45) is 0 Å². The van der Waals surface area contributed by atoms with Crippen LogP contribution in [0.2, 0.25) is 5.02 Å². The van der Waals surface area contributed by atoms with Crippen molar-refractivity contribution in [3.8, 4) is 5.88 Å². The minimum absolute atomic E-state index is 0.321. The van der Waals surface area contributed by atoms with Crippen molar-refractivity contribution in [1.82, 2.24) is 4.98 Å². The van der Waals surface area contributed by atoms with Gasteiger partial charge in [-0.15, -0.1) is 0 Å². The first-order chi connectivity index (χ1) is 7.25. The molecule has 0 bridgehead atoms. The molecule has 0 spiro atoms. The topological polar surface area (TPSA) is 35.3 Å². The van der Waals surface area contributed by atoms with E-state index in [2.05, 4.69) is 20.9 Å². The molecule has 0 aliphatic rings. The van der Waals surface area contributed by atoms with Crippen LogP contribution < -0.4 is 4.74 Å². The van der Waals surface area contributed by atoms with Crippen LogP contribution in [0, 0.1) is 0 Å². The van der Waals surface area contributed by atoms with Gasteiger partial charge in [0.05, 0.1) is 6.26 Å². The molecule has 5 heteroatoms. The van der Waals surface area contributed by atoms with Gasteiger partial charge in [0, 0.05) is 10.7 Å². The molecule has 2 heterocycles. The third kappa shape index (κ3) is 2.73. The summed E-state index contributed by atoms with van der Waals surface area (Å²) < 4.78 is 11.3. The summed E-state index contributed by atoms with van der Waals surface area (Å²) in [5, 5.41) is 0.468. The van der Waals surface area contributed by atoms with Crippen LogP contribution in [0.3, 0.4) is 0 Å². The number of furan rings is 1. The molecule has 0 radical (unpaired) electrons. The molecule has 0 atom stereocenters. The first-order valence-electron chi connectivity index (χ1n) is 4.22. The number of nitrogens with zero attached hydrogens (tertiary/aromatic N) is 1. The maximum Gasteiger partial charge on any atom is 0.233 e. The SMILES string of the molecule is Clc1cc(Br)cnc1OCc1ccco1. The lowest BCUT2D eigenvalue weighted by Crippen LogP contribution is -1.96. The van der Waals surface area contributed by atoms with E-state index in [9.17, 15) is 0 Å². The summed E-state index contributed by atoms with van der Waals surface area (Å²) in [5.74, 6) is 1.13. The Morgan fingerprint density at radius 3 is 3.07 bits per heavy atom. The fourth-order valence-corrected chi connectivity index (χ4v) is 1.73. The summed E-state index contributed by atoms with van der Waals surface area (Å²) in [6.07, 6.45) is 3.22. The monoisotopic (exact) mass is 287 g/mol. The standard InChI is InChI=1S/C10H7BrClNO2/c11-7-4-9(12)10(13-5-7)15-6-8-2-1-3-14-8/h1-5H,6H2. The number of pyridine rings is 1. The Hall–Kier alpha value is -1.00. The van der Waals surface area contributed by atoms with E-state index in [1.165, 1.54) is 0 Å². The Morgan fingerprint density at radius 2 is 2.40 bits per heavy atom. The molecule has 2 rings (SSSR count). The third-order valence-electron chi connectivity index (χ3n) is 1.71. The minimum atomic E-state index is 0.321. The van der Waals surface area contributed by atoms with E-state index in [0.717, 1.165) is 10.2 Å². The molecule has 78 valence electrons. The van der Waals surface area contributed by atoms with Gasteiger partial charge in [-0.1, -0.05) is 11.6 Å². The zero-order valence-corrected chi connectivity index (χ0v) is 9.96. The molecule has 0 amide bonds. The zero-order valence-electron chi connectivity index (χ0n) is 7.61. The summed E-state index contributed by atoms with van der Waals surface area (Å²) in [5.41, 5.74) is 0. The van der Waals surface area contributed by atoms with Crippen LogP contribution in [0.25, 0.3) is 0 Å². The maximum absolute atomic E-state index is 5.92. The van der Waals surface area contributed by atoms with E-state index in [1.54, 1.807) is 24.6 Å². The van der Waals surface area contributed by atoms with Crippen LogP contribution in [0.15, 0.2) is 39.5 Å². The normalized spacial score (nSPS) is 10.3. The van der Waals surface area contributed by atoms with Crippen molar-refractivity contribution in [2.75, 3.05) is 0 Å². The van der Waals surface area contributed by atoms with Gasteiger partial charge in [0.2, 0.25) is 5.88 Å². The Kier molecular flexibility index (Phi) is 3.28. The van der Waals surface area contributed by atoms with Gasteiger partial charge in [0.15, 0.2) is 0 Å². The van der Waals surface area contributed by atoms with Gasteiger partial charge in [0.25, 0.3) is 0 Å². The molecule has 0 aliphatic carbocycles. The van der Waals surface area contributed by atoms with Gasteiger partial charge in [-0.25, -0.2) is 4.98 Å². The molecule has 2 aromatic heterocycles. The second-order valence-electron chi connectivity index (χ2n) is 2.81.